The van der Waals surface area contributed by atoms with E-state index in [0.717, 1.165) is 21.6 Å². The molecule has 1 fully saturated rings. The predicted octanol–water partition coefficient (Wildman–Crippen LogP) is 1.82. The van der Waals surface area contributed by atoms with E-state index in [0.29, 0.717) is 41.6 Å². The summed E-state index contributed by atoms with van der Waals surface area (Å²) in [5.74, 6) is 2.91. The molecule has 0 bridgehead atoms. The fourth-order valence-electron chi connectivity index (χ4n) is 3.79. The molecule has 0 amide bonds. The van der Waals surface area contributed by atoms with Crippen LogP contribution in [0.3, 0.4) is 0 Å². The maximum atomic E-state index is 12.9. The number of ether oxygens (including phenoxy) is 3. The molecule has 3 aromatic rings. The monoisotopic (exact) mass is 532 g/mol. The molecule has 12 nitrogen and oxygen atoms in total. The van der Waals surface area contributed by atoms with Crippen molar-refractivity contribution in [2.24, 2.45) is 0 Å². The van der Waals surface area contributed by atoms with Crippen LogP contribution in [0.1, 0.15) is 5.56 Å². The molecular weight excluding hydrogens is 508 g/mol. The van der Waals surface area contributed by atoms with Gasteiger partial charge in [-0.3, -0.25) is 9.52 Å². The summed E-state index contributed by atoms with van der Waals surface area (Å²) in [6.07, 6.45) is 5.81. The summed E-state index contributed by atoms with van der Waals surface area (Å²) in [6, 6.07) is 3.21. The average molecular weight is 533 g/mol. The van der Waals surface area contributed by atoms with Crippen LogP contribution in [0, 0.1) is 11.5 Å². The Kier molecular flexibility index (Phi) is 7.32. The lowest BCUT2D eigenvalue weighted by Crippen LogP contribution is -2.35. The van der Waals surface area contributed by atoms with Crippen LogP contribution in [0.4, 0.5) is 11.4 Å². The molecule has 0 spiro atoms. The molecule has 0 radical (unpaired) electrons. The van der Waals surface area contributed by atoms with E-state index in [1.54, 1.807) is 23.9 Å². The third-order valence-corrected chi connectivity index (χ3v) is 7.43. The van der Waals surface area contributed by atoms with Crippen LogP contribution in [0.15, 0.2) is 34.7 Å². The van der Waals surface area contributed by atoms with Crippen molar-refractivity contribution in [3.8, 4) is 23.4 Å². The summed E-state index contributed by atoms with van der Waals surface area (Å²) < 4.78 is 46.0. The normalized spacial score (nSPS) is 14.1. The summed E-state index contributed by atoms with van der Waals surface area (Å²) in [7, 11) is 0.367. The Hall–Kier alpha value is -3.83. The summed E-state index contributed by atoms with van der Waals surface area (Å²) in [4.78, 5) is 19.1. The maximum Gasteiger partial charge on any atom is 0.306 e. The zero-order valence-corrected chi connectivity index (χ0v) is 21.4. The Morgan fingerprint density at radius 3 is 2.39 bits per heavy atom. The van der Waals surface area contributed by atoms with E-state index >= 15 is 0 Å². The smallest absolute Gasteiger partial charge is 0.306 e. The van der Waals surface area contributed by atoms with Crippen LogP contribution in [0.5, 0.6) is 17.2 Å². The first-order valence-electron chi connectivity index (χ1n) is 10.7. The number of aromatic nitrogens is 3. The zero-order valence-electron chi connectivity index (χ0n) is 19.8. The van der Waals surface area contributed by atoms with Gasteiger partial charge in [0.05, 0.1) is 50.4 Å². The van der Waals surface area contributed by atoms with Crippen molar-refractivity contribution in [2.45, 2.75) is 0 Å². The number of benzene rings is 1. The first kappa shape index (κ1) is 25.3. The van der Waals surface area contributed by atoms with E-state index in [4.69, 9.17) is 14.2 Å². The SMILES string of the molecule is COc1cc(OC)c(/C=C/S(=O)(=O)Nc2cnc3c(N4CCSCC4)c(=O)n(C#N)n3c2)c(OC)c1. The molecule has 1 aliphatic rings. The van der Waals surface area contributed by atoms with Gasteiger partial charge in [0.25, 0.3) is 10.0 Å². The molecule has 1 aliphatic heterocycles. The van der Waals surface area contributed by atoms with Crippen molar-refractivity contribution in [1.82, 2.24) is 14.2 Å². The zero-order chi connectivity index (χ0) is 25.9. The van der Waals surface area contributed by atoms with Crippen LogP contribution in [-0.2, 0) is 10.0 Å². The topological polar surface area (TPSA) is 140 Å². The molecule has 1 saturated heterocycles. The van der Waals surface area contributed by atoms with Gasteiger partial charge >= 0.3 is 5.56 Å². The Balaban J connectivity index is 1.67. The van der Waals surface area contributed by atoms with Crippen LogP contribution in [0.2, 0.25) is 0 Å². The minimum atomic E-state index is -4.02. The number of sulfonamides is 1. The second kappa shape index (κ2) is 10.4. The third-order valence-electron chi connectivity index (χ3n) is 5.48. The van der Waals surface area contributed by atoms with Crippen molar-refractivity contribution >= 4 is 44.9 Å². The quantitative estimate of drug-likeness (QED) is 0.457. The summed E-state index contributed by atoms with van der Waals surface area (Å²) in [6.45, 7) is 1.31. The molecular formula is C22H24N6O6S2. The molecule has 190 valence electrons. The fraction of sp³-hybridized carbons (Fsp3) is 0.318. The van der Waals surface area contributed by atoms with Crippen LogP contribution in [-0.4, -0.2) is 68.5 Å². The number of thioether (sulfide) groups is 1. The van der Waals surface area contributed by atoms with Crippen LogP contribution < -0.4 is 29.4 Å². The van der Waals surface area contributed by atoms with Gasteiger partial charge in [0, 0.05) is 36.7 Å². The Labute approximate surface area is 211 Å². The van der Waals surface area contributed by atoms with Gasteiger partial charge in [-0.1, -0.05) is 0 Å². The minimum Gasteiger partial charge on any atom is -0.496 e. The fourth-order valence-corrected chi connectivity index (χ4v) is 5.52. The Bertz CT molecular complexity index is 1490. The van der Waals surface area contributed by atoms with Gasteiger partial charge in [0.2, 0.25) is 6.19 Å². The molecule has 14 heteroatoms. The van der Waals surface area contributed by atoms with E-state index in [9.17, 15) is 18.5 Å². The lowest BCUT2D eigenvalue weighted by molar-refractivity contribution is 0.374. The van der Waals surface area contributed by atoms with E-state index in [-0.39, 0.29) is 11.3 Å². The number of hydrogen-bond acceptors (Lipinski definition) is 10. The van der Waals surface area contributed by atoms with E-state index in [2.05, 4.69) is 9.71 Å². The lowest BCUT2D eigenvalue weighted by Gasteiger charge is -2.26. The highest BCUT2D eigenvalue weighted by atomic mass is 32.2. The molecule has 3 heterocycles. The van der Waals surface area contributed by atoms with Gasteiger partial charge in [0.15, 0.2) is 11.3 Å². The number of hydrogen-bond donors (Lipinski definition) is 1. The summed E-state index contributed by atoms with van der Waals surface area (Å²) in [5.41, 5.74) is 0.563. The highest BCUT2D eigenvalue weighted by Gasteiger charge is 2.24. The van der Waals surface area contributed by atoms with E-state index in [1.807, 2.05) is 11.1 Å². The molecule has 1 N–H and O–H groups in total. The number of rotatable bonds is 8. The predicted molar refractivity (Wildman–Crippen MR) is 138 cm³/mol. The van der Waals surface area contributed by atoms with Gasteiger partial charge < -0.3 is 19.1 Å². The third kappa shape index (κ3) is 4.93. The van der Waals surface area contributed by atoms with Gasteiger partial charge in [-0.25, -0.2) is 17.9 Å². The maximum absolute atomic E-state index is 12.9. The van der Waals surface area contributed by atoms with Crippen molar-refractivity contribution in [2.75, 3.05) is 55.5 Å². The largest absolute Gasteiger partial charge is 0.496 e. The van der Waals surface area contributed by atoms with Crippen molar-refractivity contribution in [1.29, 1.82) is 5.26 Å². The number of nitrogens with zero attached hydrogens (tertiary/aromatic N) is 5. The van der Waals surface area contributed by atoms with Crippen molar-refractivity contribution < 1.29 is 22.6 Å². The Morgan fingerprint density at radius 1 is 1.14 bits per heavy atom. The van der Waals surface area contributed by atoms with Crippen LogP contribution in [0.25, 0.3) is 11.7 Å². The molecule has 4 rings (SSSR count). The minimum absolute atomic E-state index is 0.0700. The lowest BCUT2D eigenvalue weighted by atomic mass is 10.1. The van der Waals surface area contributed by atoms with E-state index in [1.165, 1.54) is 44.3 Å². The van der Waals surface area contributed by atoms with Gasteiger partial charge in [-0.05, 0) is 6.08 Å². The molecule has 0 saturated carbocycles. The molecule has 0 atom stereocenters. The highest BCUT2D eigenvalue weighted by Crippen LogP contribution is 2.35. The second-order valence-corrected chi connectivity index (χ2v) is 10.4. The number of nitriles is 1. The number of nitrogens with one attached hydrogen (secondary N) is 1. The van der Waals surface area contributed by atoms with Gasteiger partial charge in [-0.15, -0.1) is 4.68 Å². The van der Waals surface area contributed by atoms with Crippen molar-refractivity contribution in [3.05, 3.63) is 45.9 Å². The van der Waals surface area contributed by atoms with Crippen LogP contribution >= 0.6 is 11.8 Å². The second-order valence-electron chi connectivity index (χ2n) is 7.57. The number of fused-ring (bicyclic) bond motifs is 1. The average Bonchev–Trinajstić information content (AvgIpc) is 3.17. The van der Waals surface area contributed by atoms with E-state index < -0.39 is 15.6 Å². The first-order valence-corrected chi connectivity index (χ1v) is 13.4. The molecule has 36 heavy (non-hydrogen) atoms. The standard InChI is InChI=1S/C22H24N6O6S2/c1-32-16-10-18(33-2)17(19(11-16)34-3)4-9-36(30,31)25-15-12-24-21-20(26-5-7-35-8-6-26)22(29)28(14-23)27(21)13-15/h4,9-13,25H,5-8H2,1-3H3/b9-4+. The molecule has 1 aromatic carbocycles. The highest BCUT2D eigenvalue weighted by molar-refractivity contribution is 7.99. The number of anilines is 2. The summed E-state index contributed by atoms with van der Waals surface area (Å²) in [5, 5.41) is 10.5. The molecule has 0 unspecified atom stereocenters. The molecule has 2 aromatic heterocycles. The Morgan fingerprint density at radius 2 is 1.81 bits per heavy atom. The number of methoxy groups -OCH3 is 3. The van der Waals surface area contributed by atoms with Gasteiger partial charge in [-0.2, -0.15) is 17.0 Å². The summed E-state index contributed by atoms with van der Waals surface area (Å²) >= 11 is 1.79. The van der Waals surface area contributed by atoms with Gasteiger partial charge in [0.1, 0.15) is 17.2 Å². The first-order chi connectivity index (χ1) is 17.3. The van der Waals surface area contributed by atoms with Crippen molar-refractivity contribution in [3.63, 3.8) is 0 Å². The molecule has 0 aliphatic carbocycles.